The number of rotatable bonds is 3. The quantitative estimate of drug-likeness (QED) is 0.202. The van der Waals surface area contributed by atoms with Gasteiger partial charge >= 0.3 is 0 Å². The molecule has 1 aliphatic rings. The van der Waals surface area contributed by atoms with Crippen LogP contribution in [0.5, 0.6) is 0 Å². The Morgan fingerprint density at radius 3 is 2.50 bits per heavy atom. The predicted octanol–water partition coefficient (Wildman–Crippen LogP) is 7.09. The van der Waals surface area contributed by atoms with E-state index in [1.165, 1.54) is 16.9 Å². The van der Waals surface area contributed by atoms with Crippen LogP contribution in [0.25, 0.3) is 49.9 Å². The van der Waals surface area contributed by atoms with E-state index in [4.69, 9.17) is 15.7 Å². The van der Waals surface area contributed by atoms with Gasteiger partial charge in [-0.25, -0.2) is 9.97 Å². The second-order valence-electron chi connectivity index (χ2n) is 9.96. The highest BCUT2D eigenvalue weighted by atomic mass is 32.1. The van der Waals surface area contributed by atoms with Crippen molar-refractivity contribution in [2.75, 3.05) is 5.73 Å². The maximum Gasteiger partial charge on any atom is 0.267 e. The molecule has 2 N–H and O–H groups in total. The first kappa shape index (κ1) is 22.9. The summed E-state index contributed by atoms with van der Waals surface area (Å²) < 4.78 is 1.75. The van der Waals surface area contributed by atoms with Crippen LogP contribution < -0.4 is 11.3 Å². The molecule has 1 aliphatic carbocycles. The van der Waals surface area contributed by atoms with Crippen molar-refractivity contribution in [1.82, 2.24) is 14.5 Å². The normalized spacial score (nSPS) is 13.6. The van der Waals surface area contributed by atoms with Gasteiger partial charge in [0.1, 0.15) is 10.7 Å². The molecule has 0 radical (unpaired) electrons. The van der Waals surface area contributed by atoms with Crippen molar-refractivity contribution < 1.29 is 0 Å². The number of nitrogen functional groups attached to an aromatic ring is 1. The highest BCUT2D eigenvalue weighted by molar-refractivity contribution is 7.18. The van der Waals surface area contributed by atoms with E-state index in [-0.39, 0.29) is 5.56 Å². The summed E-state index contributed by atoms with van der Waals surface area (Å²) in [5.41, 5.74) is 12.6. The van der Waals surface area contributed by atoms with Crippen LogP contribution in [-0.4, -0.2) is 14.5 Å². The van der Waals surface area contributed by atoms with Gasteiger partial charge in [0.25, 0.3) is 5.56 Å². The van der Waals surface area contributed by atoms with E-state index in [1.54, 1.807) is 15.9 Å². The second-order valence-corrected chi connectivity index (χ2v) is 11.0. The fourth-order valence-electron chi connectivity index (χ4n) is 5.62. The standard InChI is InChI=1S/C32H26N4OS/c1-19-23-14-12-21(33)17-26(23)34-27-18-22(13-15-24(19)27)36-29(16-11-20-7-3-2-4-8-20)35-31-30(32(36)37)25-9-5-6-10-28(25)38-31/h2-4,7-8,11-18H,5-6,9-10,33H2,1H3/b16-11+. The molecule has 0 unspecified atom stereocenters. The first-order chi connectivity index (χ1) is 18.6. The number of pyridine rings is 1. The highest BCUT2D eigenvalue weighted by Crippen LogP contribution is 2.35. The maximum atomic E-state index is 14.2. The molecule has 6 heteroatoms. The second kappa shape index (κ2) is 8.92. The number of aryl methyl sites for hydroxylation is 3. The first-order valence-corrected chi connectivity index (χ1v) is 13.8. The number of hydrogen-bond donors (Lipinski definition) is 1. The molecule has 186 valence electrons. The van der Waals surface area contributed by atoms with E-state index in [2.05, 4.69) is 13.0 Å². The Bertz CT molecular complexity index is 1970. The van der Waals surface area contributed by atoms with Crippen LogP contribution in [0.4, 0.5) is 5.69 Å². The summed E-state index contributed by atoms with van der Waals surface area (Å²) in [6.45, 7) is 2.10. The van der Waals surface area contributed by atoms with Crippen molar-refractivity contribution in [1.29, 1.82) is 0 Å². The van der Waals surface area contributed by atoms with E-state index in [0.29, 0.717) is 11.5 Å². The van der Waals surface area contributed by atoms with Crippen molar-refractivity contribution in [3.8, 4) is 5.69 Å². The number of fused-ring (bicyclic) bond motifs is 5. The third-order valence-corrected chi connectivity index (χ3v) is 8.74. The Labute approximate surface area is 223 Å². The zero-order valence-corrected chi connectivity index (χ0v) is 21.9. The molecule has 0 aliphatic heterocycles. The number of nitrogens with two attached hydrogens (primary N) is 1. The minimum atomic E-state index is -0.0109. The molecule has 5 nitrogen and oxygen atoms in total. The van der Waals surface area contributed by atoms with Gasteiger partial charge in [0.05, 0.1) is 22.1 Å². The molecule has 3 aromatic carbocycles. The largest absolute Gasteiger partial charge is 0.399 e. The van der Waals surface area contributed by atoms with Gasteiger partial charge in [0.2, 0.25) is 0 Å². The molecule has 6 aromatic rings. The number of benzene rings is 3. The maximum absolute atomic E-state index is 14.2. The van der Waals surface area contributed by atoms with Gasteiger partial charge in [-0.2, -0.15) is 0 Å². The summed E-state index contributed by atoms with van der Waals surface area (Å²) in [6, 6.07) is 22.0. The van der Waals surface area contributed by atoms with E-state index in [1.807, 2.05) is 72.8 Å². The summed E-state index contributed by atoms with van der Waals surface area (Å²) >= 11 is 1.68. The van der Waals surface area contributed by atoms with E-state index < -0.39 is 0 Å². The Kier molecular flexibility index (Phi) is 5.37. The third-order valence-electron chi connectivity index (χ3n) is 7.55. The van der Waals surface area contributed by atoms with Crippen molar-refractivity contribution in [2.45, 2.75) is 32.6 Å². The zero-order valence-electron chi connectivity index (χ0n) is 21.1. The summed E-state index contributed by atoms with van der Waals surface area (Å²) in [6.07, 6.45) is 8.21. The van der Waals surface area contributed by atoms with Crippen LogP contribution in [-0.2, 0) is 12.8 Å². The van der Waals surface area contributed by atoms with Gasteiger partial charge in [-0.05, 0) is 79.6 Å². The van der Waals surface area contributed by atoms with Gasteiger partial charge in [0.15, 0.2) is 0 Å². The summed E-state index contributed by atoms with van der Waals surface area (Å²) in [4.78, 5) is 26.3. The van der Waals surface area contributed by atoms with Gasteiger partial charge in [0, 0.05) is 21.3 Å². The molecule has 0 saturated heterocycles. The Balaban J connectivity index is 1.49. The smallest absolute Gasteiger partial charge is 0.267 e. The van der Waals surface area contributed by atoms with Crippen LogP contribution in [0.2, 0.25) is 0 Å². The lowest BCUT2D eigenvalue weighted by Gasteiger charge is -2.14. The van der Waals surface area contributed by atoms with Crippen molar-refractivity contribution in [3.63, 3.8) is 0 Å². The molecule has 3 aromatic heterocycles. The Morgan fingerprint density at radius 2 is 1.66 bits per heavy atom. The molecule has 0 fully saturated rings. The molecule has 7 rings (SSSR count). The minimum absolute atomic E-state index is 0.0109. The SMILES string of the molecule is Cc1c2ccc(N)cc2nc2cc(-n3c(/C=C/c4ccccc4)nc4sc5c(c4c3=O)CCCC5)ccc12. The van der Waals surface area contributed by atoms with Crippen LogP contribution in [0, 0.1) is 6.92 Å². The van der Waals surface area contributed by atoms with Gasteiger partial charge in [-0.15, -0.1) is 11.3 Å². The van der Waals surface area contributed by atoms with E-state index in [9.17, 15) is 4.79 Å². The molecule has 0 spiro atoms. The number of aromatic nitrogens is 3. The molecule has 0 saturated carbocycles. The van der Waals surface area contributed by atoms with Crippen molar-refractivity contribution >= 4 is 61.2 Å². The summed E-state index contributed by atoms with van der Waals surface area (Å²) in [7, 11) is 0. The van der Waals surface area contributed by atoms with Gasteiger partial charge < -0.3 is 5.73 Å². The average Bonchev–Trinajstić information content (AvgIpc) is 3.31. The minimum Gasteiger partial charge on any atom is -0.399 e. The van der Waals surface area contributed by atoms with Gasteiger partial charge in [-0.1, -0.05) is 48.5 Å². The average molecular weight is 515 g/mol. The van der Waals surface area contributed by atoms with E-state index in [0.717, 1.165) is 68.1 Å². The zero-order chi connectivity index (χ0) is 25.8. The molecule has 0 atom stereocenters. The first-order valence-electron chi connectivity index (χ1n) is 13.0. The fourth-order valence-corrected chi connectivity index (χ4v) is 6.88. The van der Waals surface area contributed by atoms with Crippen molar-refractivity contribution in [2.24, 2.45) is 0 Å². The Morgan fingerprint density at radius 1 is 0.895 bits per heavy atom. The summed E-state index contributed by atoms with van der Waals surface area (Å²) in [5, 5.41) is 2.91. The van der Waals surface area contributed by atoms with E-state index >= 15 is 0 Å². The molecule has 0 amide bonds. The Hall–Kier alpha value is -4.29. The monoisotopic (exact) mass is 514 g/mol. The topological polar surface area (TPSA) is 73.8 Å². The van der Waals surface area contributed by atoms with Crippen LogP contribution in [0.1, 0.15) is 40.2 Å². The lowest BCUT2D eigenvalue weighted by Crippen LogP contribution is -2.22. The molecule has 0 bridgehead atoms. The lowest BCUT2D eigenvalue weighted by atomic mass is 9.97. The number of nitrogens with zero attached hydrogens (tertiary/aromatic N) is 3. The molecular formula is C32H26N4OS. The molecular weight excluding hydrogens is 488 g/mol. The van der Waals surface area contributed by atoms with Crippen LogP contribution in [0.15, 0.2) is 71.5 Å². The molecule has 38 heavy (non-hydrogen) atoms. The highest BCUT2D eigenvalue weighted by Gasteiger charge is 2.22. The number of anilines is 1. The fraction of sp³-hybridized carbons (Fsp3) is 0.156. The molecule has 3 heterocycles. The number of thiophene rings is 1. The van der Waals surface area contributed by atoms with Crippen molar-refractivity contribution in [3.05, 3.63) is 104 Å². The lowest BCUT2D eigenvalue weighted by molar-refractivity contribution is 0.699. The van der Waals surface area contributed by atoms with Gasteiger partial charge in [-0.3, -0.25) is 9.36 Å². The van der Waals surface area contributed by atoms with Crippen LogP contribution >= 0.6 is 11.3 Å². The summed E-state index contributed by atoms with van der Waals surface area (Å²) in [5.74, 6) is 0.617. The van der Waals surface area contributed by atoms with Crippen LogP contribution in [0.3, 0.4) is 0 Å². The third kappa shape index (κ3) is 3.72. The number of hydrogen-bond acceptors (Lipinski definition) is 5. The predicted molar refractivity (Wildman–Crippen MR) is 159 cm³/mol.